The lowest BCUT2D eigenvalue weighted by Gasteiger charge is -2.23. The van der Waals surface area contributed by atoms with Crippen LogP contribution in [-0.4, -0.2) is 46.5 Å². The highest BCUT2D eigenvalue weighted by Crippen LogP contribution is 2.17. The van der Waals surface area contributed by atoms with Gasteiger partial charge in [-0.05, 0) is 12.3 Å². The third-order valence-electron chi connectivity index (χ3n) is 2.57. The Bertz CT molecular complexity index is 342. The Balaban J connectivity index is 2.91. The van der Waals surface area contributed by atoms with Crippen LogP contribution < -0.4 is 11.1 Å². The van der Waals surface area contributed by atoms with Crippen LogP contribution in [0.4, 0.5) is 4.79 Å². The van der Waals surface area contributed by atoms with Crippen molar-refractivity contribution < 1.29 is 19.5 Å². The van der Waals surface area contributed by atoms with E-state index in [1.165, 1.54) is 0 Å². The van der Waals surface area contributed by atoms with Crippen LogP contribution in [0.15, 0.2) is 0 Å². The molecule has 0 saturated carbocycles. The zero-order valence-corrected chi connectivity index (χ0v) is 9.84. The number of nitrogens with zero attached hydrogens (tertiary/aromatic N) is 1. The predicted octanol–water partition coefficient (Wildman–Crippen LogP) is -1.20. The molecule has 7 nitrogen and oxygen atoms in total. The van der Waals surface area contributed by atoms with Crippen molar-refractivity contribution in [3.63, 3.8) is 0 Å². The lowest BCUT2D eigenvalue weighted by Crippen LogP contribution is -2.49. The Labute approximate surface area is 98.9 Å². The van der Waals surface area contributed by atoms with Gasteiger partial charge in [-0.2, -0.15) is 0 Å². The van der Waals surface area contributed by atoms with Crippen molar-refractivity contribution in [2.75, 3.05) is 6.61 Å². The first-order valence-electron chi connectivity index (χ1n) is 5.42. The summed E-state index contributed by atoms with van der Waals surface area (Å²) in [4.78, 5) is 35.4. The molecule has 1 fully saturated rings. The molecular formula is C10H17N3O4. The lowest BCUT2D eigenvalue weighted by atomic mass is 10.0. The zero-order chi connectivity index (χ0) is 13.2. The van der Waals surface area contributed by atoms with Crippen LogP contribution in [0, 0.1) is 5.92 Å². The maximum absolute atomic E-state index is 11.7. The van der Waals surface area contributed by atoms with E-state index in [0.717, 1.165) is 4.90 Å². The summed E-state index contributed by atoms with van der Waals surface area (Å²) in [6.45, 7) is 3.23. The highest BCUT2D eigenvalue weighted by Gasteiger charge is 2.43. The Morgan fingerprint density at radius 3 is 2.47 bits per heavy atom. The summed E-state index contributed by atoms with van der Waals surface area (Å²) in [7, 11) is 0. The minimum absolute atomic E-state index is 0.112. The second kappa shape index (κ2) is 5.13. The number of amides is 4. The smallest absolute Gasteiger partial charge is 0.325 e. The molecule has 1 rings (SSSR count). The van der Waals surface area contributed by atoms with Crippen LogP contribution in [-0.2, 0) is 9.59 Å². The SMILES string of the molecule is CC(C)CC(C(N)=O)N1C(=O)N[C@@H](CO)C1=O. The van der Waals surface area contributed by atoms with Gasteiger partial charge < -0.3 is 16.2 Å². The first kappa shape index (κ1) is 13.4. The molecule has 4 amide bonds. The van der Waals surface area contributed by atoms with Crippen LogP contribution in [0.3, 0.4) is 0 Å². The molecule has 1 saturated heterocycles. The number of carbonyl (C=O) groups is 3. The lowest BCUT2D eigenvalue weighted by molar-refractivity contribution is -0.135. The van der Waals surface area contributed by atoms with Gasteiger partial charge in [-0.25, -0.2) is 9.69 Å². The first-order valence-corrected chi connectivity index (χ1v) is 5.42. The molecule has 0 radical (unpaired) electrons. The van der Waals surface area contributed by atoms with E-state index in [1.54, 1.807) is 0 Å². The average Bonchev–Trinajstić information content (AvgIpc) is 2.50. The first-order chi connectivity index (χ1) is 7.88. The van der Waals surface area contributed by atoms with Gasteiger partial charge in [0.05, 0.1) is 6.61 Å². The molecule has 0 spiro atoms. The third-order valence-corrected chi connectivity index (χ3v) is 2.57. The second-order valence-electron chi connectivity index (χ2n) is 4.44. The molecule has 17 heavy (non-hydrogen) atoms. The summed E-state index contributed by atoms with van der Waals surface area (Å²) in [6, 6.07) is -2.62. The maximum Gasteiger partial charge on any atom is 0.325 e. The number of nitrogens with one attached hydrogen (secondary N) is 1. The number of aliphatic hydroxyl groups is 1. The molecule has 7 heteroatoms. The molecule has 0 aliphatic carbocycles. The molecule has 2 atom stereocenters. The standard InChI is InChI=1S/C10H17N3O4/c1-5(2)3-7(8(11)15)13-9(16)6(4-14)12-10(13)17/h5-7,14H,3-4H2,1-2H3,(H2,11,15)(H,12,17)/t6-,7?/m0/s1. The summed E-state index contributed by atoms with van der Waals surface area (Å²) >= 11 is 0. The van der Waals surface area contributed by atoms with E-state index in [9.17, 15) is 14.4 Å². The number of rotatable bonds is 5. The number of carbonyl (C=O) groups excluding carboxylic acids is 3. The van der Waals surface area contributed by atoms with Crippen LogP contribution >= 0.6 is 0 Å². The van der Waals surface area contributed by atoms with Gasteiger partial charge >= 0.3 is 6.03 Å². The van der Waals surface area contributed by atoms with Gasteiger partial charge in [0.15, 0.2) is 0 Å². The molecule has 1 aliphatic heterocycles. The Hall–Kier alpha value is -1.63. The third kappa shape index (κ3) is 2.73. The molecule has 0 aromatic rings. The van der Waals surface area contributed by atoms with E-state index >= 15 is 0 Å². The molecule has 0 bridgehead atoms. The molecule has 96 valence electrons. The molecule has 0 aromatic carbocycles. The van der Waals surface area contributed by atoms with Gasteiger partial charge in [0.2, 0.25) is 5.91 Å². The van der Waals surface area contributed by atoms with Crippen molar-refractivity contribution in [3.05, 3.63) is 0 Å². The second-order valence-corrected chi connectivity index (χ2v) is 4.44. The topological polar surface area (TPSA) is 113 Å². The molecule has 1 aliphatic rings. The van der Waals surface area contributed by atoms with Gasteiger partial charge in [0, 0.05) is 0 Å². The normalized spacial score (nSPS) is 21.9. The van der Waals surface area contributed by atoms with Gasteiger partial charge in [0.25, 0.3) is 5.91 Å². The minimum Gasteiger partial charge on any atom is -0.394 e. The number of imide groups is 1. The molecule has 4 N–H and O–H groups in total. The summed E-state index contributed by atoms with van der Waals surface area (Å²) in [5.41, 5.74) is 5.20. The zero-order valence-electron chi connectivity index (χ0n) is 9.84. The average molecular weight is 243 g/mol. The highest BCUT2D eigenvalue weighted by molar-refractivity contribution is 6.07. The van der Waals surface area contributed by atoms with Crippen molar-refractivity contribution in [1.29, 1.82) is 0 Å². The number of urea groups is 1. The minimum atomic E-state index is -0.975. The molecule has 1 heterocycles. The van der Waals surface area contributed by atoms with E-state index in [0.29, 0.717) is 6.42 Å². The molecule has 0 aromatic heterocycles. The van der Waals surface area contributed by atoms with Crippen molar-refractivity contribution in [3.8, 4) is 0 Å². The Kier molecular flexibility index (Phi) is 4.06. The Morgan fingerprint density at radius 1 is 1.53 bits per heavy atom. The monoisotopic (exact) mass is 243 g/mol. The molecule has 1 unspecified atom stereocenters. The summed E-state index contributed by atoms with van der Waals surface area (Å²) in [5.74, 6) is -1.22. The quantitative estimate of drug-likeness (QED) is 0.526. The highest BCUT2D eigenvalue weighted by atomic mass is 16.3. The van der Waals surface area contributed by atoms with Gasteiger partial charge in [0.1, 0.15) is 12.1 Å². The largest absolute Gasteiger partial charge is 0.394 e. The van der Waals surface area contributed by atoms with E-state index in [2.05, 4.69) is 5.32 Å². The fourth-order valence-corrected chi connectivity index (χ4v) is 1.76. The van der Waals surface area contributed by atoms with E-state index in [4.69, 9.17) is 10.8 Å². The van der Waals surface area contributed by atoms with E-state index < -0.39 is 36.5 Å². The predicted molar refractivity (Wildman–Crippen MR) is 58.7 cm³/mol. The van der Waals surface area contributed by atoms with Crippen molar-refractivity contribution in [2.24, 2.45) is 11.7 Å². The van der Waals surface area contributed by atoms with Crippen LogP contribution in [0.25, 0.3) is 0 Å². The number of nitrogens with two attached hydrogens (primary N) is 1. The van der Waals surface area contributed by atoms with Crippen molar-refractivity contribution in [2.45, 2.75) is 32.4 Å². The fourth-order valence-electron chi connectivity index (χ4n) is 1.76. The molecular weight excluding hydrogens is 226 g/mol. The van der Waals surface area contributed by atoms with Gasteiger partial charge in [-0.3, -0.25) is 9.59 Å². The van der Waals surface area contributed by atoms with Gasteiger partial charge in [-0.15, -0.1) is 0 Å². The Morgan fingerprint density at radius 2 is 2.12 bits per heavy atom. The number of primary amides is 1. The number of aliphatic hydroxyl groups excluding tert-OH is 1. The summed E-state index contributed by atoms with van der Waals surface area (Å²) in [6.07, 6.45) is 0.312. The fraction of sp³-hybridized carbons (Fsp3) is 0.700. The summed E-state index contributed by atoms with van der Waals surface area (Å²) in [5, 5.41) is 11.2. The van der Waals surface area contributed by atoms with E-state index in [1.807, 2.05) is 13.8 Å². The van der Waals surface area contributed by atoms with Crippen molar-refractivity contribution >= 4 is 17.8 Å². The van der Waals surface area contributed by atoms with Crippen LogP contribution in [0.2, 0.25) is 0 Å². The van der Waals surface area contributed by atoms with Crippen LogP contribution in [0.5, 0.6) is 0 Å². The van der Waals surface area contributed by atoms with Crippen molar-refractivity contribution in [1.82, 2.24) is 10.2 Å². The number of hydrogen-bond acceptors (Lipinski definition) is 4. The van der Waals surface area contributed by atoms with E-state index in [-0.39, 0.29) is 5.92 Å². The van der Waals surface area contributed by atoms with Crippen LogP contribution in [0.1, 0.15) is 20.3 Å². The number of hydrogen-bond donors (Lipinski definition) is 3. The van der Waals surface area contributed by atoms with Gasteiger partial charge in [-0.1, -0.05) is 13.8 Å². The maximum atomic E-state index is 11.7. The summed E-state index contributed by atoms with van der Waals surface area (Å²) < 4.78 is 0.